The van der Waals surface area contributed by atoms with E-state index >= 15 is 0 Å². The van der Waals surface area contributed by atoms with Crippen molar-refractivity contribution in [2.75, 3.05) is 0 Å². The first kappa shape index (κ1) is 23.2. The van der Waals surface area contributed by atoms with E-state index in [1.165, 1.54) is 65.6 Å². The van der Waals surface area contributed by atoms with Crippen molar-refractivity contribution in [1.82, 2.24) is 4.57 Å². The predicted molar refractivity (Wildman–Crippen MR) is 174 cm³/mol. The molecule has 0 bridgehead atoms. The molecule has 0 unspecified atom stereocenters. The molecule has 0 aliphatic carbocycles. The molecule has 8 aromatic rings. The van der Waals surface area contributed by atoms with Crippen LogP contribution in [0.3, 0.4) is 0 Å². The number of hydrogen-bond acceptors (Lipinski definition) is 0. The zero-order valence-electron chi connectivity index (χ0n) is 21.7. The maximum absolute atomic E-state index is 3.64. The zero-order chi connectivity index (χ0) is 26.6. The molecule has 0 atom stereocenters. The van der Waals surface area contributed by atoms with E-state index in [9.17, 15) is 0 Å². The van der Waals surface area contributed by atoms with Gasteiger partial charge in [0.1, 0.15) is 0 Å². The van der Waals surface area contributed by atoms with E-state index < -0.39 is 0 Å². The highest BCUT2D eigenvalue weighted by atomic mass is 79.9. The monoisotopic (exact) mass is 573 g/mol. The molecule has 0 radical (unpaired) electrons. The van der Waals surface area contributed by atoms with Crippen LogP contribution in [0.15, 0.2) is 150 Å². The lowest BCUT2D eigenvalue weighted by Gasteiger charge is -2.16. The second-order valence-corrected chi connectivity index (χ2v) is 11.2. The molecule has 188 valence electrons. The average Bonchev–Trinajstić information content (AvgIpc) is 3.34. The molecule has 7 aromatic carbocycles. The minimum atomic E-state index is 1.09. The summed E-state index contributed by atoms with van der Waals surface area (Å²) >= 11 is 3.64. The van der Waals surface area contributed by atoms with Crippen molar-refractivity contribution in [3.63, 3.8) is 0 Å². The highest BCUT2D eigenvalue weighted by Crippen LogP contribution is 2.45. The minimum absolute atomic E-state index is 1.09. The van der Waals surface area contributed by atoms with Crippen LogP contribution in [-0.4, -0.2) is 4.57 Å². The number of benzene rings is 7. The highest BCUT2D eigenvalue weighted by Gasteiger charge is 2.21. The summed E-state index contributed by atoms with van der Waals surface area (Å²) in [5, 5.41) is 7.47. The summed E-state index contributed by atoms with van der Waals surface area (Å²) in [6.45, 7) is 0. The standard InChI is InChI=1S/C38H24BrN/c39-30-20-18-28-23-31(21-19-27(28)22-30)40-37-33(25-10-3-1-4-11-25)16-9-17-34(37)35-24-29-14-7-8-15-32(29)36(38(35)40)26-12-5-2-6-13-26/h1-24H. The van der Waals surface area contributed by atoms with Gasteiger partial charge in [-0.1, -0.05) is 131 Å². The second kappa shape index (κ2) is 9.22. The molecule has 0 saturated carbocycles. The fourth-order valence-electron chi connectivity index (χ4n) is 6.24. The number of fused-ring (bicyclic) bond motifs is 5. The molecule has 2 heteroatoms. The Balaban J connectivity index is 1.62. The fraction of sp³-hybridized carbons (Fsp3) is 0. The molecule has 40 heavy (non-hydrogen) atoms. The molecular weight excluding hydrogens is 550 g/mol. The largest absolute Gasteiger partial charge is 0.308 e. The third-order valence-corrected chi connectivity index (χ3v) is 8.48. The number of para-hydroxylation sites is 1. The van der Waals surface area contributed by atoms with Crippen LogP contribution in [0.1, 0.15) is 0 Å². The Morgan fingerprint density at radius 2 is 1.10 bits per heavy atom. The van der Waals surface area contributed by atoms with E-state index in [2.05, 4.69) is 166 Å². The van der Waals surface area contributed by atoms with Crippen molar-refractivity contribution >= 4 is 59.3 Å². The van der Waals surface area contributed by atoms with Gasteiger partial charge >= 0.3 is 0 Å². The first-order chi connectivity index (χ1) is 19.8. The molecule has 0 saturated heterocycles. The van der Waals surface area contributed by atoms with Gasteiger partial charge in [0, 0.05) is 32.1 Å². The SMILES string of the molecule is Brc1ccc2cc(-n3c4c(-c5ccccc5)cccc4c4cc5ccccc5c(-c5ccccc5)c43)ccc2c1. The van der Waals surface area contributed by atoms with Crippen LogP contribution in [-0.2, 0) is 0 Å². The van der Waals surface area contributed by atoms with E-state index in [1.54, 1.807) is 0 Å². The number of rotatable bonds is 3. The summed E-state index contributed by atoms with van der Waals surface area (Å²) in [6.07, 6.45) is 0. The van der Waals surface area contributed by atoms with Crippen LogP contribution < -0.4 is 0 Å². The molecule has 0 amide bonds. The second-order valence-electron chi connectivity index (χ2n) is 10.3. The number of aromatic nitrogens is 1. The smallest absolute Gasteiger partial charge is 0.0626 e. The molecule has 1 aromatic heterocycles. The number of nitrogens with zero attached hydrogens (tertiary/aromatic N) is 1. The third kappa shape index (κ3) is 3.61. The van der Waals surface area contributed by atoms with Crippen molar-refractivity contribution in [3.8, 4) is 27.9 Å². The maximum atomic E-state index is 3.64. The van der Waals surface area contributed by atoms with Gasteiger partial charge in [-0.25, -0.2) is 0 Å². The van der Waals surface area contributed by atoms with Crippen molar-refractivity contribution in [2.45, 2.75) is 0 Å². The van der Waals surface area contributed by atoms with Crippen LogP contribution in [0.2, 0.25) is 0 Å². The molecule has 0 fully saturated rings. The van der Waals surface area contributed by atoms with Crippen molar-refractivity contribution in [1.29, 1.82) is 0 Å². The molecule has 0 spiro atoms. The van der Waals surface area contributed by atoms with E-state index in [0.29, 0.717) is 0 Å². The van der Waals surface area contributed by atoms with Crippen LogP contribution in [0.4, 0.5) is 0 Å². The summed E-state index contributed by atoms with van der Waals surface area (Å²) in [5.41, 5.74) is 8.55. The predicted octanol–water partition coefficient (Wildman–Crippen LogP) is 11.2. The Labute approximate surface area is 241 Å². The van der Waals surface area contributed by atoms with Crippen LogP contribution >= 0.6 is 15.9 Å². The molecule has 0 aliphatic rings. The first-order valence-corrected chi connectivity index (χ1v) is 14.3. The van der Waals surface area contributed by atoms with Gasteiger partial charge in [-0.05, 0) is 63.0 Å². The summed E-state index contributed by atoms with van der Waals surface area (Å²) in [4.78, 5) is 0. The Kier molecular flexibility index (Phi) is 5.36. The summed E-state index contributed by atoms with van der Waals surface area (Å²) < 4.78 is 3.59. The molecule has 1 nitrogen and oxygen atoms in total. The Hall–Kier alpha value is -4.66. The Morgan fingerprint density at radius 1 is 0.425 bits per heavy atom. The van der Waals surface area contributed by atoms with Gasteiger partial charge in [0.2, 0.25) is 0 Å². The van der Waals surface area contributed by atoms with E-state index in [4.69, 9.17) is 0 Å². The molecule has 8 rings (SSSR count). The maximum Gasteiger partial charge on any atom is 0.0626 e. The lowest BCUT2D eigenvalue weighted by Crippen LogP contribution is -1.98. The first-order valence-electron chi connectivity index (χ1n) is 13.6. The normalized spacial score (nSPS) is 11.6. The van der Waals surface area contributed by atoms with Gasteiger partial charge in [-0.3, -0.25) is 0 Å². The Bertz CT molecular complexity index is 2210. The van der Waals surface area contributed by atoms with Gasteiger partial charge in [0.05, 0.1) is 11.0 Å². The van der Waals surface area contributed by atoms with Gasteiger partial charge in [-0.15, -0.1) is 0 Å². The van der Waals surface area contributed by atoms with Crippen molar-refractivity contribution in [3.05, 3.63) is 150 Å². The quantitative estimate of drug-likeness (QED) is 0.198. The third-order valence-electron chi connectivity index (χ3n) is 7.99. The van der Waals surface area contributed by atoms with Crippen LogP contribution in [0.25, 0.3) is 71.3 Å². The highest BCUT2D eigenvalue weighted by molar-refractivity contribution is 9.10. The lowest BCUT2D eigenvalue weighted by molar-refractivity contribution is 1.19. The molecule has 1 heterocycles. The minimum Gasteiger partial charge on any atom is -0.308 e. The summed E-state index contributed by atoms with van der Waals surface area (Å²) in [6, 6.07) is 52.8. The van der Waals surface area contributed by atoms with Gasteiger partial charge in [-0.2, -0.15) is 0 Å². The molecule has 0 aliphatic heterocycles. The van der Waals surface area contributed by atoms with Crippen LogP contribution in [0.5, 0.6) is 0 Å². The average molecular weight is 575 g/mol. The van der Waals surface area contributed by atoms with Crippen LogP contribution in [0, 0.1) is 0 Å². The van der Waals surface area contributed by atoms with E-state index in [1.807, 2.05) is 0 Å². The van der Waals surface area contributed by atoms with Gasteiger partial charge in [0.25, 0.3) is 0 Å². The number of halogens is 1. The van der Waals surface area contributed by atoms with Crippen molar-refractivity contribution < 1.29 is 0 Å². The van der Waals surface area contributed by atoms with E-state index in [0.717, 1.165) is 10.2 Å². The number of hydrogen-bond donors (Lipinski definition) is 0. The fourth-order valence-corrected chi connectivity index (χ4v) is 6.62. The zero-order valence-corrected chi connectivity index (χ0v) is 23.3. The van der Waals surface area contributed by atoms with Gasteiger partial charge < -0.3 is 4.57 Å². The summed E-state index contributed by atoms with van der Waals surface area (Å²) in [7, 11) is 0. The molecular formula is C38H24BrN. The topological polar surface area (TPSA) is 4.93 Å². The van der Waals surface area contributed by atoms with E-state index in [-0.39, 0.29) is 0 Å². The van der Waals surface area contributed by atoms with Crippen molar-refractivity contribution in [2.24, 2.45) is 0 Å². The Morgan fingerprint density at radius 3 is 1.93 bits per heavy atom. The molecule has 0 N–H and O–H groups in total. The lowest BCUT2D eigenvalue weighted by atomic mass is 9.94. The van der Waals surface area contributed by atoms with Gasteiger partial charge in [0.15, 0.2) is 0 Å². The summed E-state index contributed by atoms with van der Waals surface area (Å²) in [5.74, 6) is 0.